The Morgan fingerprint density at radius 1 is 0.471 bits per heavy atom. The summed E-state index contributed by atoms with van der Waals surface area (Å²) in [4.78, 5) is 0. The van der Waals surface area contributed by atoms with Crippen molar-refractivity contribution in [1.29, 1.82) is 0 Å². The van der Waals surface area contributed by atoms with E-state index in [2.05, 4.69) is 13.8 Å². The second kappa shape index (κ2) is 17.3. The van der Waals surface area contributed by atoms with E-state index in [0.29, 0.717) is 0 Å². The zero-order valence-electron chi connectivity index (χ0n) is 12.6. The normalized spacial score (nSPS) is 10.5. The van der Waals surface area contributed by atoms with Crippen molar-refractivity contribution in [2.75, 3.05) is 0 Å². The van der Waals surface area contributed by atoms with Crippen molar-refractivity contribution in [3.8, 4) is 0 Å². The van der Waals surface area contributed by atoms with Crippen LogP contribution in [-0.2, 0) is 0 Å². The molecular formula is C16H34Ca. The quantitative estimate of drug-likeness (QED) is 0.257. The molecule has 0 heterocycles. The van der Waals surface area contributed by atoms with Crippen LogP contribution in [0.15, 0.2) is 0 Å². The zero-order valence-corrected chi connectivity index (χ0v) is 14.8. The van der Waals surface area contributed by atoms with Crippen molar-refractivity contribution >= 4 is 33.8 Å². The van der Waals surface area contributed by atoms with Gasteiger partial charge in [0.1, 0.15) is 0 Å². The second-order valence-electron chi connectivity index (χ2n) is 5.60. The van der Waals surface area contributed by atoms with Gasteiger partial charge in [-0.1, -0.05) is 0 Å². The van der Waals surface area contributed by atoms with Crippen LogP contribution in [-0.4, -0.2) is 33.8 Å². The minimum absolute atomic E-state index is 0.0720. The molecule has 0 aliphatic rings. The van der Waals surface area contributed by atoms with E-state index in [4.69, 9.17) is 0 Å². The van der Waals surface area contributed by atoms with E-state index in [1.54, 1.807) is 17.9 Å². The SMILES string of the molecule is CCCCCCC[CH2][Ca][CH2]CCCCCCC. The first kappa shape index (κ1) is 18.3. The van der Waals surface area contributed by atoms with Gasteiger partial charge < -0.3 is 0 Å². The Morgan fingerprint density at radius 2 is 0.824 bits per heavy atom. The summed E-state index contributed by atoms with van der Waals surface area (Å²) >= 11 is -0.0720. The predicted octanol–water partition coefficient (Wildman–Crippen LogP) is 6.25. The van der Waals surface area contributed by atoms with Crippen molar-refractivity contribution in [2.45, 2.75) is 95.9 Å². The van der Waals surface area contributed by atoms with Gasteiger partial charge in [-0.2, -0.15) is 0 Å². The molecule has 1 heteroatoms. The molecule has 0 aliphatic carbocycles. The molecule has 100 valence electrons. The Bertz CT molecular complexity index is 109. The fourth-order valence-electron chi connectivity index (χ4n) is 2.44. The van der Waals surface area contributed by atoms with Crippen LogP contribution in [0.2, 0.25) is 5.04 Å². The first-order valence-electron chi connectivity index (χ1n) is 8.41. The van der Waals surface area contributed by atoms with Crippen molar-refractivity contribution in [2.24, 2.45) is 0 Å². The molecule has 0 rings (SSSR count). The van der Waals surface area contributed by atoms with E-state index >= 15 is 0 Å². The molecule has 0 spiro atoms. The zero-order chi connectivity index (χ0) is 12.6. The molecule has 0 saturated carbocycles. The number of hydrogen-bond donors (Lipinski definition) is 0. The third-order valence-corrected chi connectivity index (χ3v) is 6.83. The molecule has 0 aromatic heterocycles. The molecule has 0 unspecified atom stereocenters. The third kappa shape index (κ3) is 17.3. The summed E-state index contributed by atoms with van der Waals surface area (Å²) in [5, 5.41) is 0. The molecule has 17 heavy (non-hydrogen) atoms. The monoisotopic (exact) mass is 266 g/mol. The molecule has 0 fully saturated rings. The molecule has 0 nitrogen and oxygen atoms in total. The minimum atomic E-state index is -0.0720. The van der Waals surface area contributed by atoms with Gasteiger partial charge in [0.05, 0.1) is 0 Å². The molecule has 0 N–H and O–H groups in total. The maximum atomic E-state index is 2.30. The molecule has 0 aliphatic heterocycles. The van der Waals surface area contributed by atoms with Crippen molar-refractivity contribution in [1.82, 2.24) is 0 Å². The van der Waals surface area contributed by atoms with Crippen LogP contribution >= 0.6 is 0 Å². The van der Waals surface area contributed by atoms with Crippen LogP contribution in [0, 0.1) is 0 Å². The van der Waals surface area contributed by atoms with Gasteiger partial charge in [0.2, 0.25) is 0 Å². The Balaban J connectivity index is 2.85. The summed E-state index contributed by atoms with van der Waals surface area (Å²) in [6.45, 7) is 4.60. The van der Waals surface area contributed by atoms with E-state index in [1.165, 1.54) is 64.2 Å². The average molecular weight is 267 g/mol. The fraction of sp³-hybridized carbons (Fsp3) is 1.00. The summed E-state index contributed by atoms with van der Waals surface area (Å²) in [7, 11) is 0. The Labute approximate surface area is 129 Å². The van der Waals surface area contributed by atoms with Crippen molar-refractivity contribution in [3.63, 3.8) is 0 Å². The molecule has 0 radical (unpaired) electrons. The van der Waals surface area contributed by atoms with Crippen LogP contribution in [0.3, 0.4) is 0 Å². The van der Waals surface area contributed by atoms with Gasteiger partial charge in [0.15, 0.2) is 0 Å². The second-order valence-corrected chi connectivity index (χ2v) is 8.91. The summed E-state index contributed by atoms with van der Waals surface area (Å²) in [6, 6.07) is 0. The van der Waals surface area contributed by atoms with Gasteiger partial charge in [0.25, 0.3) is 0 Å². The van der Waals surface area contributed by atoms with Gasteiger partial charge >= 0.3 is 130 Å². The van der Waals surface area contributed by atoms with E-state index < -0.39 is 0 Å². The van der Waals surface area contributed by atoms with Gasteiger partial charge in [0, 0.05) is 0 Å². The molecule has 0 saturated heterocycles. The molecule has 0 bridgehead atoms. The Hall–Kier alpha value is 1.26. The Morgan fingerprint density at radius 3 is 1.24 bits per heavy atom. The number of rotatable bonds is 14. The average Bonchev–Trinajstić information content (AvgIpc) is 2.35. The molecular weight excluding hydrogens is 232 g/mol. The van der Waals surface area contributed by atoms with Crippen molar-refractivity contribution in [3.05, 3.63) is 0 Å². The molecule has 0 aromatic carbocycles. The fourth-order valence-corrected chi connectivity index (χ4v) is 5.21. The first-order valence-corrected chi connectivity index (χ1v) is 11.5. The van der Waals surface area contributed by atoms with Crippen LogP contribution < -0.4 is 0 Å². The first-order chi connectivity index (χ1) is 8.41. The van der Waals surface area contributed by atoms with Gasteiger partial charge in [-0.25, -0.2) is 0 Å². The summed E-state index contributed by atoms with van der Waals surface area (Å²) in [6.07, 6.45) is 17.9. The predicted molar refractivity (Wildman–Crippen MR) is 82.1 cm³/mol. The Kier molecular flexibility index (Phi) is 18.5. The third-order valence-electron chi connectivity index (χ3n) is 3.71. The maximum absolute atomic E-state index is 2.30. The summed E-state index contributed by atoms with van der Waals surface area (Å²) in [5.74, 6) is 0. The van der Waals surface area contributed by atoms with Gasteiger partial charge in [-0.3, -0.25) is 0 Å². The number of unbranched alkanes of at least 4 members (excludes halogenated alkanes) is 10. The van der Waals surface area contributed by atoms with E-state index in [-0.39, 0.29) is 33.8 Å². The van der Waals surface area contributed by atoms with Crippen LogP contribution in [0.25, 0.3) is 0 Å². The van der Waals surface area contributed by atoms with Gasteiger partial charge in [-0.15, -0.1) is 0 Å². The van der Waals surface area contributed by atoms with E-state index in [9.17, 15) is 0 Å². The topological polar surface area (TPSA) is 0 Å². The molecule has 0 atom stereocenters. The standard InChI is InChI=1S/2C8H17.Ca/c2*1-3-5-7-8-6-4-2;/h2*1,3-8H2,2H3;. The summed E-state index contributed by atoms with van der Waals surface area (Å²) in [5.41, 5.74) is 0. The molecule has 0 aromatic rings. The van der Waals surface area contributed by atoms with Crippen LogP contribution in [0.1, 0.15) is 90.9 Å². The van der Waals surface area contributed by atoms with Crippen LogP contribution in [0.4, 0.5) is 0 Å². The van der Waals surface area contributed by atoms with Crippen LogP contribution in [0.5, 0.6) is 0 Å². The summed E-state index contributed by atoms with van der Waals surface area (Å²) < 4.78 is 3.35. The van der Waals surface area contributed by atoms with E-state index in [1.807, 2.05) is 0 Å². The molecule has 0 amide bonds. The van der Waals surface area contributed by atoms with E-state index in [0.717, 1.165) is 0 Å². The number of hydrogen-bond acceptors (Lipinski definition) is 0. The van der Waals surface area contributed by atoms with Crippen molar-refractivity contribution < 1.29 is 0 Å². The van der Waals surface area contributed by atoms with Gasteiger partial charge in [-0.05, 0) is 0 Å².